The van der Waals surface area contributed by atoms with Crippen molar-refractivity contribution < 1.29 is 19.4 Å². The first-order chi connectivity index (χ1) is 9.68. The number of imide groups is 1. The van der Waals surface area contributed by atoms with Crippen molar-refractivity contribution in [1.82, 2.24) is 4.90 Å². The minimum absolute atomic E-state index is 0.163. The van der Waals surface area contributed by atoms with Gasteiger partial charge in [0.1, 0.15) is 5.60 Å². The molecule has 1 aliphatic rings. The smallest absolute Gasteiger partial charge is 0.414 e. The quantitative estimate of drug-likeness (QED) is 0.863. The van der Waals surface area contributed by atoms with Crippen LogP contribution >= 0.6 is 0 Å². The Kier molecular flexibility index (Phi) is 3.80. The van der Waals surface area contributed by atoms with E-state index < -0.39 is 29.1 Å². The first-order valence-electron chi connectivity index (χ1n) is 6.94. The van der Waals surface area contributed by atoms with Crippen LogP contribution in [0.5, 0.6) is 0 Å². The number of benzene rings is 1. The highest BCUT2D eigenvalue weighted by Crippen LogP contribution is 2.41. The highest BCUT2D eigenvalue weighted by atomic mass is 16.5. The summed E-state index contributed by atoms with van der Waals surface area (Å²) < 4.78 is 5.84. The van der Waals surface area contributed by atoms with Gasteiger partial charge in [0, 0.05) is 0 Å². The molecule has 21 heavy (non-hydrogen) atoms. The van der Waals surface area contributed by atoms with Gasteiger partial charge in [0.2, 0.25) is 0 Å². The molecule has 1 N–H and O–H groups in total. The Hall–Kier alpha value is -1.88. The highest BCUT2D eigenvalue weighted by molar-refractivity contribution is 5.97. The summed E-state index contributed by atoms with van der Waals surface area (Å²) in [5, 5.41) is 9.49. The normalized spacial score (nSPS) is 26.8. The zero-order valence-electron chi connectivity index (χ0n) is 12.8. The van der Waals surface area contributed by atoms with Crippen LogP contribution in [0.3, 0.4) is 0 Å². The average molecular weight is 291 g/mol. The first-order valence-corrected chi connectivity index (χ1v) is 6.94. The number of carboxylic acid groups (broad SMARTS) is 1. The summed E-state index contributed by atoms with van der Waals surface area (Å²) in [4.78, 5) is 25.3. The second kappa shape index (κ2) is 5.15. The standard InChI is InChI=1S/C16H21NO4/c1-15(2,3)16(4)13(18)17(14(19)20)12(10-21-16)11-8-6-5-7-9-11/h5-9,12H,10H2,1-4H3,(H,19,20)/t12-,16+/m0/s1. The van der Waals surface area contributed by atoms with Crippen LogP contribution in [0, 0.1) is 5.41 Å². The largest absolute Gasteiger partial charge is 0.465 e. The maximum absolute atomic E-state index is 12.7. The van der Waals surface area contributed by atoms with Gasteiger partial charge in [-0.2, -0.15) is 0 Å². The third-order valence-electron chi connectivity index (χ3n) is 4.29. The molecule has 2 atom stereocenters. The van der Waals surface area contributed by atoms with E-state index in [1.807, 2.05) is 39.0 Å². The molecular formula is C16H21NO4. The summed E-state index contributed by atoms with van der Waals surface area (Å²) in [5.74, 6) is -0.511. The van der Waals surface area contributed by atoms with E-state index >= 15 is 0 Å². The first kappa shape index (κ1) is 15.5. The maximum atomic E-state index is 12.7. The lowest BCUT2D eigenvalue weighted by molar-refractivity contribution is -0.192. The molecule has 114 valence electrons. The molecule has 5 nitrogen and oxygen atoms in total. The van der Waals surface area contributed by atoms with Gasteiger partial charge in [-0.15, -0.1) is 0 Å². The third kappa shape index (κ3) is 2.53. The lowest BCUT2D eigenvalue weighted by Crippen LogP contribution is -2.62. The van der Waals surface area contributed by atoms with E-state index in [1.165, 1.54) is 0 Å². The monoisotopic (exact) mass is 291 g/mol. The van der Waals surface area contributed by atoms with Crippen molar-refractivity contribution in [3.05, 3.63) is 35.9 Å². The predicted octanol–water partition coefficient (Wildman–Crippen LogP) is 3.07. The average Bonchev–Trinajstić information content (AvgIpc) is 2.41. The Bertz CT molecular complexity index is 549. The predicted molar refractivity (Wildman–Crippen MR) is 77.9 cm³/mol. The van der Waals surface area contributed by atoms with Crippen molar-refractivity contribution in [2.45, 2.75) is 39.3 Å². The second-order valence-electron chi connectivity index (χ2n) is 6.48. The molecule has 0 radical (unpaired) electrons. The maximum Gasteiger partial charge on any atom is 0.414 e. The lowest BCUT2D eigenvalue weighted by atomic mass is 9.75. The minimum atomic E-state index is -1.24. The summed E-state index contributed by atoms with van der Waals surface area (Å²) in [6.07, 6.45) is -1.24. The molecule has 0 saturated carbocycles. The molecular weight excluding hydrogens is 270 g/mol. The summed E-state index contributed by atoms with van der Waals surface area (Å²) in [6.45, 7) is 7.43. The summed E-state index contributed by atoms with van der Waals surface area (Å²) in [7, 11) is 0. The van der Waals surface area contributed by atoms with Crippen molar-refractivity contribution in [3.8, 4) is 0 Å². The van der Waals surface area contributed by atoms with Gasteiger partial charge in [0.15, 0.2) is 0 Å². The van der Waals surface area contributed by atoms with Crippen LogP contribution in [0.25, 0.3) is 0 Å². The Morgan fingerprint density at radius 3 is 2.38 bits per heavy atom. The van der Waals surface area contributed by atoms with Gasteiger partial charge in [-0.3, -0.25) is 4.79 Å². The Balaban J connectivity index is 2.43. The van der Waals surface area contributed by atoms with Crippen LogP contribution in [-0.2, 0) is 9.53 Å². The fourth-order valence-electron chi connectivity index (χ4n) is 2.43. The molecule has 0 unspecified atom stereocenters. The molecule has 1 fully saturated rings. The number of nitrogens with zero attached hydrogens (tertiary/aromatic N) is 1. The van der Waals surface area contributed by atoms with Crippen LogP contribution in [0.2, 0.25) is 0 Å². The number of carbonyl (C=O) groups excluding carboxylic acids is 1. The molecule has 2 rings (SSSR count). The molecule has 1 heterocycles. The number of amides is 2. The summed E-state index contributed by atoms with van der Waals surface area (Å²) in [5.41, 5.74) is -0.903. The van der Waals surface area contributed by atoms with Crippen molar-refractivity contribution in [3.63, 3.8) is 0 Å². The van der Waals surface area contributed by atoms with E-state index in [-0.39, 0.29) is 6.61 Å². The fourth-order valence-corrected chi connectivity index (χ4v) is 2.43. The number of carbonyl (C=O) groups is 2. The third-order valence-corrected chi connectivity index (χ3v) is 4.29. The summed E-state index contributed by atoms with van der Waals surface area (Å²) in [6, 6.07) is 8.48. The number of morpholine rings is 1. The van der Waals surface area contributed by atoms with E-state index in [0.717, 1.165) is 10.5 Å². The highest BCUT2D eigenvalue weighted by Gasteiger charge is 2.54. The minimum Gasteiger partial charge on any atom is -0.465 e. The van der Waals surface area contributed by atoms with Crippen molar-refractivity contribution >= 4 is 12.0 Å². The molecule has 1 aliphatic heterocycles. The molecule has 0 bridgehead atoms. The number of hydrogen-bond acceptors (Lipinski definition) is 3. The van der Waals surface area contributed by atoms with E-state index in [2.05, 4.69) is 0 Å². The van der Waals surface area contributed by atoms with Gasteiger partial charge in [0.05, 0.1) is 12.6 Å². The van der Waals surface area contributed by atoms with E-state index in [9.17, 15) is 14.7 Å². The van der Waals surface area contributed by atoms with Crippen LogP contribution in [0.15, 0.2) is 30.3 Å². The molecule has 1 aromatic rings. The van der Waals surface area contributed by atoms with Crippen molar-refractivity contribution in [2.24, 2.45) is 5.41 Å². The fraction of sp³-hybridized carbons (Fsp3) is 0.500. The molecule has 0 aliphatic carbocycles. The zero-order valence-corrected chi connectivity index (χ0v) is 12.8. The van der Waals surface area contributed by atoms with Crippen molar-refractivity contribution in [1.29, 1.82) is 0 Å². The molecule has 5 heteroatoms. The van der Waals surface area contributed by atoms with Crippen LogP contribution in [0.1, 0.15) is 39.3 Å². The molecule has 2 amide bonds. The Morgan fingerprint density at radius 1 is 1.33 bits per heavy atom. The molecule has 0 spiro atoms. The van der Waals surface area contributed by atoms with E-state index in [1.54, 1.807) is 19.1 Å². The second-order valence-corrected chi connectivity index (χ2v) is 6.48. The van der Waals surface area contributed by atoms with Gasteiger partial charge in [-0.25, -0.2) is 9.69 Å². The van der Waals surface area contributed by atoms with Gasteiger partial charge in [0.25, 0.3) is 5.91 Å². The Morgan fingerprint density at radius 2 is 1.90 bits per heavy atom. The van der Waals surface area contributed by atoms with Gasteiger partial charge >= 0.3 is 6.09 Å². The SMILES string of the molecule is CC(C)(C)[C@]1(C)OC[C@@H](c2ccccc2)N(C(=O)O)C1=O. The van der Waals surface area contributed by atoms with Crippen LogP contribution in [0.4, 0.5) is 4.79 Å². The zero-order chi connectivity index (χ0) is 15.8. The van der Waals surface area contributed by atoms with Crippen LogP contribution in [-0.4, -0.2) is 34.2 Å². The van der Waals surface area contributed by atoms with Crippen molar-refractivity contribution in [2.75, 3.05) is 6.61 Å². The van der Waals surface area contributed by atoms with E-state index in [4.69, 9.17) is 4.74 Å². The topological polar surface area (TPSA) is 66.8 Å². The van der Waals surface area contributed by atoms with Gasteiger partial charge < -0.3 is 9.84 Å². The number of ether oxygens (including phenoxy) is 1. The Labute approximate surface area is 124 Å². The van der Waals surface area contributed by atoms with Crippen LogP contribution < -0.4 is 0 Å². The molecule has 1 saturated heterocycles. The van der Waals surface area contributed by atoms with Gasteiger partial charge in [-0.05, 0) is 17.9 Å². The number of hydrogen-bond donors (Lipinski definition) is 1. The lowest BCUT2D eigenvalue weighted by Gasteiger charge is -2.48. The molecule has 1 aromatic carbocycles. The van der Waals surface area contributed by atoms with Gasteiger partial charge in [-0.1, -0.05) is 51.1 Å². The summed E-state index contributed by atoms with van der Waals surface area (Å²) >= 11 is 0. The number of rotatable bonds is 1. The van der Waals surface area contributed by atoms with E-state index in [0.29, 0.717) is 0 Å². The molecule has 0 aromatic heterocycles.